The molecule has 4 atom stereocenters. The van der Waals surface area contributed by atoms with E-state index in [0.29, 0.717) is 6.42 Å². The van der Waals surface area contributed by atoms with E-state index in [0.717, 1.165) is 19.3 Å². The number of hydrogen-bond donors (Lipinski definition) is 7. The molecule has 0 aliphatic heterocycles. The van der Waals surface area contributed by atoms with Gasteiger partial charge in [0.1, 0.15) is 24.7 Å². The van der Waals surface area contributed by atoms with Crippen LogP contribution in [-0.4, -0.2) is 81.9 Å². The van der Waals surface area contributed by atoms with E-state index in [-0.39, 0.29) is 25.7 Å². The van der Waals surface area contributed by atoms with Crippen LogP contribution in [0.15, 0.2) is 0 Å². The van der Waals surface area contributed by atoms with Gasteiger partial charge in [0.25, 0.3) is 0 Å². The van der Waals surface area contributed by atoms with Crippen molar-refractivity contribution in [3.8, 4) is 0 Å². The van der Waals surface area contributed by atoms with Crippen molar-refractivity contribution in [2.75, 3.05) is 6.61 Å². The number of rotatable bonds is 18. The Morgan fingerprint density at radius 3 is 2.00 bits per heavy atom. The first kappa shape index (κ1) is 31.6. The van der Waals surface area contributed by atoms with E-state index < -0.39 is 66.6 Å². The molecule has 0 aromatic heterocycles. The lowest BCUT2D eigenvalue weighted by Gasteiger charge is -2.21. The molecule has 0 aromatic rings. The van der Waals surface area contributed by atoms with Gasteiger partial charge in [-0.05, 0) is 32.6 Å². The minimum Gasteiger partial charge on any atom is -0.480 e. The number of aliphatic carboxylic acids is 3. The molecular weight excluding hydrogens is 468 g/mol. The van der Waals surface area contributed by atoms with Crippen LogP contribution in [0.3, 0.4) is 0 Å². The van der Waals surface area contributed by atoms with Gasteiger partial charge in [0.2, 0.25) is 11.8 Å². The second kappa shape index (κ2) is 17.1. The number of carboxylic acid groups (broad SMARTS) is 3. The molecule has 0 heterocycles. The van der Waals surface area contributed by atoms with Crippen molar-refractivity contribution in [1.82, 2.24) is 16.0 Å². The van der Waals surface area contributed by atoms with Gasteiger partial charge >= 0.3 is 24.0 Å². The summed E-state index contributed by atoms with van der Waals surface area (Å²) in [4.78, 5) is 69.7. The molecule has 0 spiro atoms. The van der Waals surface area contributed by atoms with E-state index >= 15 is 0 Å². The van der Waals surface area contributed by atoms with Crippen LogP contribution >= 0.6 is 0 Å². The van der Waals surface area contributed by atoms with Gasteiger partial charge in [-0.25, -0.2) is 9.59 Å². The first-order valence-corrected chi connectivity index (χ1v) is 11.4. The molecule has 14 heteroatoms. The molecular formula is C21H36N4O10. The largest absolute Gasteiger partial charge is 0.480 e. The fraction of sp³-hybridized carbons (Fsp3) is 0.714. The van der Waals surface area contributed by atoms with Crippen molar-refractivity contribution in [3.05, 3.63) is 0 Å². The summed E-state index contributed by atoms with van der Waals surface area (Å²) < 4.78 is 4.85. The number of ether oxygens (including phenoxy) is 1. The maximum Gasteiger partial charge on any atom is 0.407 e. The lowest BCUT2D eigenvalue weighted by molar-refractivity contribution is -0.143. The van der Waals surface area contributed by atoms with Crippen molar-refractivity contribution in [2.45, 2.75) is 89.4 Å². The number of nitrogens with two attached hydrogens (primary N) is 1. The Morgan fingerprint density at radius 2 is 1.46 bits per heavy atom. The minimum absolute atomic E-state index is 0.0182. The molecule has 35 heavy (non-hydrogen) atoms. The van der Waals surface area contributed by atoms with Crippen molar-refractivity contribution in [2.24, 2.45) is 5.73 Å². The smallest absolute Gasteiger partial charge is 0.407 e. The summed E-state index contributed by atoms with van der Waals surface area (Å²) in [5.74, 6) is -5.36. The highest BCUT2D eigenvalue weighted by Gasteiger charge is 2.27. The second-order valence-electron chi connectivity index (χ2n) is 8.01. The summed E-state index contributed by atoms with van der Waals surface area (Å²) in [6, 6.07) is -5.27. The highest BCUT2D eigenvalue weighted by Crippen LogP contribution is 2.06. The van der Waals surface area contributed by atoms with Gasteiger partial charge in [0.05, 0.1) is 0 Å². The van der Waals surface area contributed by atoms with Crippen molar-refractivity contribution < 1.29 is 48.8 Å². The van der Waals surface area contributed by atoms with Gasteiger partial charge in [0.15, 0.2) is 6.04 Å². The zero-order valence-corrected chi connectivity index (χ0v) is 20.0. The lowest BCUT2D eigenvalue weighted by atomic mass is 10.0. The molecule has 0 aromatic carbocycles. The number of carbonyl (C=O) groups is 6. The van der Waals surface area contributed by atoms with Gasteiger partial charge in [-0.3, -0.25) is 19.2 Å². The fourth-order valence-corrected chi connectivity index (χ4v) is 2.81. The van der Waals surface area contributed by atoms with Crippen LogP contribution in [-0.2, 0) is 28.7 Å². The molecule has 8 N–H and O–H groups in total. The number of alkyl carbamates (subject to hydrolysis) is 1. The van der Waals surface area contributed by atoms with E-state index in [9.17, 15) is 33.9 Å². The SMILES string of the molecule is CCCCCCC(=O)N[C@H](COC(=O)N[C@@H](CCC[C@@H](N)C(=O)O)C(=O)N[C@H](C)C(=O)O)C(=O)O. The van der Waals surface area contributed by atoms with Gasteiger partial charge in [-0.1, -0.05) is 26.2 Å². The maximum atomic E-state index is 12.4. The van der Waals surface area contributed by atoms with Crippen LogP contribution in [0.1, 0.15) is 65.2 Å². The number of nitrogens with one attached hydrogen (secondary N) is 3. The molecule has 0 fully saturated rings. The van der Waals surface area contributed by atoms with E-state index in [1.807, 2.05) is 6.92 Å². The Kier molecular flexibility index (Phi) is 15.4. The molecule has 0 aliphatic carbocycles. The van der Waals surface area contributed by atoms with E-state index in [2.05, 4.69) is 16.0 Å². The maximum absolute atomic E-state index is 12.4. The fourth-order valence-electron chi connectivity index (χ4n) is 2.81. The van der Waals surface area contributed by atoms with Crippen LogP contribution in [0.4, 0.5) is 4.79 Å². The third-order valence-corrected chi connectivity index (χ3v) is 4.93. The zero-order valence-electron chi connectivity index (χ0n) is 20.0. The highest BCUT2D eigenvalue weighted by atomic mass is 16.6. The summed E-state index contributed by atoms with van der Waals surface area (Å²) in [5.41, 5.74) is 5.41. The summed E-state index contributed by atoms with van der Waals surface area (Å²) >= 11 is 0. The number of carbonyl (C=O) groups excluding carboxylic acids is 3. The summed E-state index contributed by atoms with van der Waals surface area (Å²) in [5, 5.41) is 33.7. The average molecular weight is 505 g/mol. The Morgan fingerprint density at radius 1 is 0.800 bits per heavy atom. The lowest BCUT2D eigenvalue weighted by Crippen LogP contribution is -2.51. The number of unbranched alkanes of at least 4 members (excludes halogenated alkanes) is 3. The quantitative estimate of drug-likeness (QED) is 0.121. The highest BCUT2D eigenvalue weighted by molar-refractivity contribution is 5.89. The third-order valence-electron chi connectivity index (χ3n) is 4.93. The Balaban J connectivity index is 4.95. The molecule has 0 bridgehead atoms. The van der Waals surface area contributed by atoms with Gasteiger partial charge < -0.3 is 41.7 Å². The second-order valence-corrected chi connectivity index (χ2v) is 8.01. The minimum atomic E-state index is -1.51. The first-order chi connectivity index (χ1) is 16.4. The van der Waals surface area contributed by atoms with Crippen LogP contribution < -0.4 is 21.7 Å². The van der Waals surface area contributed by atoms with E-state index in [4.69, 9.17) is 20.7 Å². The Labute approximate surface area is 202 Å². The zero-order chi connectivity index (χ0) is 27.0. The Hall–Kier alpha value is -3.42. The molecule has 200 valence electrons. The van der Waals surface area contributed by atoms with Gasteiger partial charge in [-0.15, -0.1) is 0 Å². The number of carboxylic acids is 3. The molecule has 0 saturated heterocycles. The third kappa shape index (κ3) is 14.4. The van der Waals surface area contributed by atoms with Gasteiger partial charge in [0, 0.05) is 6.42 Å². The number of hydrogen-bond acceptors (Lipinski definition) is 8. The van der Waals surface area contributed by atoms with Crippen molar-refractivity contribution >= 4 is 35.8 Å². The molecule has 0 aliphatic rings. The molecule has 14 nitrogen and oxygen atoms in total. The van der Waals surface area contributed by atoms with E-state index in [1.54, 1.807) is 0 Å². The monoisotopic (exact) mass is 504 g/mol. The van der Waals surface area contributed by atoms with Gasteiger partial charge in [-0.2, -0.15) is 0 Å². The first-order valence-electron chi connectivity index (χ1n) is 11.4. The predicted octanol–water partition coefficient (Wildman–Crippen LogP) is -0.207. The van der Waals surface area contributed by atoms with Crippen molar-refractivity contribution in [3.63, 3.8) is 0 Å². The molecule has 0 rings (SSSR count). The predicted molar refractivity (Wildman–Crippen MR) is 121 cm³/mol. The van der Waals surface area contributed by atoms with Crippen molar-refractivity contribution in [1.29, 1.82) is 0 Å². The molecule has 0 unspecified atom stereocenters. The van der Waals surface area contributed by atoms with Crippen LogP contribution in [0.2, 0.25) is 0 Å². The standard InChI is InChI=1S/C21H36N4O10/c1-3-4-5-6-10-16(26)24-15(20(32)33)11-35-21(34)25-14(9-7-8-13(22)19(30)31)17(27)23-12(2)18(28)29/h12-15H,3-11,22H2,1-2H3,(H,23,27)(H,24,26)(H,25,34)(H,28,29)(H,30,31)(H,32,33)/t12-,13-,14+,15-/m1/s1. The molecule has 3 amide bonds. The normalized spacial score (nSPS) is 14.0. The summed E-state index contributed by atoms with van der Waals surface area (Å²) in [7, 11) is 0. The van der Waals surface area contributed by atoms with E-state index in [1.165, 1.54) is 6.92 Å². The number of amides is 3. The summed E-state index contributed by atoms with van der Waals surface area (Å²) in [6.07, 6.45) is 2.26. The Bertz CT molecular complexity index is 746. The molecule has 0 saturated carbocycles. The van der Waals surface area contributed by atoms with Crippen LogP contribution in [0.5, 0.6) is 0 Å². The van der Waals surface area contributed by atoms with Crippen LogP contribution in [0.25, 0.3) is 0 Å². The van der Waals surface area contributed by atoms with Crippen LogP contribution in [0, 0.1) is 0 Å². The molecule has 0 radical (unpaired) electrons. The topological polar surface area (TPSA) is 234 Å². The average Bonchev–Trinajstić information content (AvgIpc) is 2.78. The summed E-state index contributed by atoms with van der Waals surface area (Å²) in [6.45, 7) is 2.50.